The van der Waals surface area contributed by atoms with Gasteiger partial charge in [-0.25, -0.2) is 4.98 Å². The van der Waals surface area contributed by atoms with Crippen LogP contribution in [-0.4, -0.2) is 23.1 Å². The first-order valence-electron chi connectivity index (χ1n) is 4.79. The van der Waals surface area contributed by atoms with Crippen molar-refractivity contribution in [3.05, 3.63) is 18.1 Å². The minimum atomic E-state index is 0.577. The first-order chi connectivity index (χ1) is 6.90. The van der Waals surface area contributed by atoms with E-state index >= 15 is 0 Å². The Morgan fingerprint density at radius 3 is 2.64 bits per heavy atom. The van der Waals surface area contributed by atoms with E-state index in [-0.39, 0.29) is 0 Å². The van der Waals surface area contributed by atoms with Crippen molar-refractivity contribution in [1.82, 2.24) is 15.3 Å². The maximum atomic E-state index is 4.39. The molecule has 1 saturated heterocycles. The molecular formula is C9H13BrN4. The predicted octanol–water partition coefficient (Wildman–Crippen LogP) is 1.67. The van der Waals surface area contributed by atoms with E-state index in [1.165, 1.54) is 0 Å². The highest BCUT2D eigenvalue weighted by atomic mass is 79.9. The highest BCUT2D eigenvalue weighted by Crippen LogP contribution is 2.22. The summed E-state index contributed by atoms with van der Waals surface area (Å²) in [7, 11) is 0. The van der Waals surface area contributed by atoms with Gasteiger partial charge in [0.25, 0.3) is 0 Å². The summed E-state index contributed by atoms with van der Waals surface area (Å²) in [4.78, 5) is 8.62. The molecule has 0 aliphatic carbocycles. The Morgan fingerprint density at radius 1 is 1.29 bits per heavy atom. The molecule has 0 bridgehead atoms. The van der Waals surface area contributed by atoms with Crippen molar-refractivity contribution in [3.63, 3.8) is 0 Å². The Labute approximate surface area is 91.9 Å². The molecule has 2 heterocycles. The average Bonchev–Trinajstić information content (AvgIpc) is 2.30. The summed E-state index contributed by atoms with van der Waals surface area (Å²) in [5.74, 6) is 1.33. The molecule has 0 spiro atoms. The number of nitrogens with one attached hydrogen (secondary N) is 2. The van der Waals surface area contributed by atoms with Crippen molar-refractivity contribution in [2.75, 3.05) is 17.4 Å². The number of hydrogen-bond donors (Lipinski definition) is 2. The Bertz CT molecular complexity index is 281. The molecule has 1 aliphatic heterocycles. The molecule has 1 fully saturated rings. The molecule has 0 saturated carbocycles. The fourth-order valence-corrected chi connectivity index (χ4v) is 1.92. The van der Waals surface area contributed by atoms with E-state index in [1.54, 1.807) is 6.20 Å². The van der Waals surface area contributed by atoms with Crippen molar-refractivity contribution in [2.45, 2.75) is 18.8 Å². The van der Waals surface area contributed by atoms with E-state index in [0.29, 0.717) is 5.92 Å². The maximum Gasteiger partial charge on any atom is 0.154 e. The number of halogens is 1. The summed E-state index contributed by atoms with van der Waals surface area (Å²) in [6.45, 7) is 2.18. The lowest BCUT2D eigenvalue weighted by Crippen LogP contribution is -2.27. The van der Waals surface area contributed by atoms with Crippen LogP contribution in [0.15, 0.2) is 12.4 Å². The highest BCUT2D eigenvalue weighted by Gasteiger charge is 2.16. The lowest BCUT2D eigenvalue weighted by Gasteiger charge is -2.21. The first kappa shape index (κ1) is 9.86. The summed E-state index contributed by atoms with van der Waals surface area (Å²) < 4.78 is 2.78. The molecular weight excluding hydrogens is 244 g/mol. The lowest BCUT2D eigenvalue weighted by molar-refractivity contribution is 0.452. The summed E-state index contributed by atoms with van der Waals surface area (Å²) in [5.41, 5.74) is 1.11. The third kappa shape index (κ3) is 2.22. The van der Waals surface area contributed by atoms with E-state index in [9.17, 15) is 0 Å². The largest absolute Gasteiger partial charge is 0.317 e. The molecule has 14 heavy (non-hydrogen) atoms. The number of hydrogen-bond acceptors (Lipinski definition) is 4. The molecule has 2 N–H and O–H groups in total. The normalized spacial score (nSPS) is 18.1. The highest BCUT2D eigenvalue weighted by molar-refractivity contribution is 9.10. The zero-order valence-corrected chi connectivity index (χ0v) is 9.42. The van der Waals surface area contributed by atoms with Crippen LogP contribution >= 0.6 is 16.1 Å². The van der Waals surface area contributed by atoms with E-state index in [4.69, 9.17) is 0 Å². The topological polar surface area (TPSA) is 49.8 Å². The van der Waals surface area contributed by atoms with Gasteiger partial charge >= 0.3 is 0 Å². The summed E-state index contributed by atoms with van der Waals surface area (Å²) >= 11 is 3.12. The fourth-order valence-electron chi connectivity index (χ4n) is 1.72. The summed E-state index contributed by atoms with van der Waals surface area (Å²) in [5, 5.41) is 3.34. The monoisotopic (exact) mass is 256 g/mol. The molecule has 1 aromatic rings. The third-order valence-corrected chi connectivity index (χ3v) is 2.93. The Morgan fingerprint density at radius 2 is 2.07 bits per heavy atom. The van der Waals surface area contributed by atoms with Gasteiger partial charge in [0.2, 0.25) is 0 Å². The Hall–Kier alpha value is -0.680. The number of aromatic nitrogens is 2. The Balaban J connectivity index is 2.07. The van der Waals surface area contributed by atoms with Gasteiger partial charge in [-0.15, -0.1) is 0 Å². The van der Waals surface area contributed by atoms with Gasteiger partial charge in [-0.2, -0.15) is 0 Å². The number of piperidine rings is 1. The van der Waals surface area contributed by atoms with Gasteiger partial charge in [0.15, 0.2) is 5.82 Å². The van der Waals surface area contributed by atoms with Crippen LogP contribution in [0.2, 0.25) is 0 Å². The van der Waals surface area contributed by atoms with Gasteiger partial charge in [-0.05, 0) is 25.9 Å². The fraction of sp³-hybridized carbons (Fsp3) is 0.556. The van der Waals surface area contributed by atoms with Gasteiger partial charge in [0.1, 0.15) is 0 Å². The zero-order valence-electron chi connectivity index (χ0n) is 7.83. The van der Waals surface area contributed by atoms with Gasteiger partial charge in [-0.3, -0.25) is 4.98 Å². The lowest BCUT2D eigenvalue weighted by atomic mass is 9.95. The van der Waals surface area contributed by atoms with E-state index in [0.717, 1.165) is 37.4 Å². The summed E-state index contributed by atoms with van der Waals surface area (Å²) in [6, 6.07) is 0. The SMILES string of the molecule is BrNc1cnc(C2CCNCC2)cn1. The third-order valence-electron chi connectivity index (χ3n) is 2.53. The van der Waals surface area contributed by atoms with Crippen molar-refractivity contribution in [3.8, 4) is 0 Å². The quantitative estimate of drug-likeness (QED) is 0.791. The molecule has 1 aromatic heterocycles. The molecule has 0 radical (unpaired) electrons. The standard InChI is InChI=1S/C9H13BrN4/c10-14-9-6-12-8(5-13-9)7-1-3-11-4-2-7/h5-7,11H,1-4H2,(H,13,14). The Kier molecular flexibility index (Phi) is 3.31. The van der Waals surface area contributed by atoms with E-state index in [1.807, 2.05) is 6.20 Å². The second kappa shape index (κ2) is 4.70. The molecule has 4 nitrogen and oxygen atoms in total. The van der Waals surface area contributed by atoms with Crippen LogP contribution in [0.5, 0.6) is 0 Å². The van der Waals surface area contributed by atoms with E-state index < -0.39 is 0 Å². The van der Waals surface area contributed by atoms with Crippen LogP contribution in [-0.2, 0) is 0 Å². The van der Waals surface area contributed by atoms with Crippen LogP contribution < -0.4 is 9.66 Å². The van der Waals surface area contributed by atoms with Crippen molar-refractivity contribution in [1.29, 1.82) is 0 Å². The smallest absolute Gasteiger partial charge is 0.154 e. The van der Waals surface area contributed by atoms with Crippen molar-refractivity contribution >= 4 is 22.0 Å². The van der Waals surface area contributed by atoms with Gasteiger partial charge in [0, 0.05) is 22.1 Å². The first-order valence-corrected chi connectivity index (χ1v) is 5.59. The molecule has 76 valence electrons. The molecule has 0 aromatic carbocycles. The second-order valence-electron chi connectivity index (χ2n) is 3.45. The average molecular weight is 257 g/mol. The summed E-state index contributed by atoms with van der Waals surface area (Å²) in [6.07, 6.45) is 5.94. The van der Waals surface area contributed by atoms with Crippen molar-refractivity contribution in [2.24, 2.45) is 0 Å². The molecule has 0 unspecified atom stereocenters. The number of nitrogens with zero attached hydrogens (tertiary/aromatic N) is 2. The van der Waals surface area contributed by atoms with Crippen LogP contribution in [0, 0.1) is 0 Å². The van der Waals surface area contributed by atoms with Crippen LogP contribution in [0.4, 0.5) is 5.82 Å². The van der Waals surface area contributed by atoms with Crippen LogP contribution in [0.25, 0.3) is 0 Å². The minimum absolute atomic E-state index is 0.577. The van der Waals surface area contributed by atoms with Gasteiger partial charge < -0.3 is 9.66 Å². The number of anilines is 1. The van der Waals surface area contributed by atoms with Crippen LogP contribution in [0.1, 0.15) is 24.5 Å². The molecule has 5 heteroatoms. The minimum Gasteiger partial charge on any atom is -0.317 e. The predicted molar refractivity (Wildman–Crippen MR) is 59.4 cm³/mol. The molecule has 0 atom stereocenters. The molecule has 1 aliphatic rings. The van der Waals surface area contributed by atoms with E-state index in [2.05, 4.69) is 35.8 Å². The second-order valence-corrected chi connectivity index (χ2v) is 3.84. The number of rotatable bonds is 2. The molecule has 2 rings (SSSR count). The van der Waals surface area contributed by atoms with Gasteiger partial charge in [0.05, 0.1) is 18.1 Å². The maximum absolute atomic E-state index is 4.39. The zero-order chi connectivity index (χ0) is 9.80. The van der Waals surface area contributed by atoms with Gasteiger partial charge in [-0.1, -0.05) is 0 Å². The van der Waals surface area contributed by atoms with Crippen molar-refractivity contribution < 1.29 is 0 Å². The van der Waals surface area contributed by atoms with Crippen LogP contribution in [0.3, 0.4) is 0 Å². The molecule has 0 amide bonds.